The van der Waals surface area contributed by atoms with Gasteiger partial charge in [-0.2, -0.15) is 0 Å². The van der Waals surface area contributed by atoms with E-state index >= 15 is 0 Å². The third-order valence-corrected chi connectivity index (χ3v) is 6.78. The van der Waals surface area contributed by atoms with Gasteiger partial charge in [0.25, 0.3) is 0 Å². The van der Waals surface area contributed by atoms with Gasteiger partial charge in [0.1, 0.15) is 0 Å². The lowest BCUT2D eigenvalue weighted by Gasteiger charge is -2.33. The Morgan fingerprint density at radius 1 is 1.17 bits per heavy atom. The Labute approximate surface area is 201 Å². The molecule has 2 fully saturated rings. The number of rotatable bonds is 8. The van der Waals surface area contributed by atoms with Gasteiger partial charge < -0.3 is 15.4 Å². The highest BCUT2D eigenvalue weighted by Crippen LogP contribution is 2.46. The second kappa shape index (κ2) is 12.0. The summed E-state index contributed by atoms with van der Waals surface area (Å²) in [6.07, 6.45) is 1.27. The molecule has 5 nitrogen and oxygen atoms in total. The summed E-state index contributed by atoms with van der Waals surface area (Å²) < 4.78 is 5.55. The largest absolute Gasteiger partial charge is 0.379 e. The highest BCUT2D eigenvalue weighted by Gasteiger charge is 2.37. The topological polar surface area (TPSA) is 48.9 Å². The minimum absolute atomic E-state index is 0. The van der Waals surface area contributed by atoms with Crippen molar-refractivity contribution in [2.24, 2.45) is 10.9 Å². The third-order valence-electron chi connectivity index (χ3n) is 5.81. The Balaban J connectivity index is 0.00000256. The molecule has 0 amide bonds. The van der Waals surface area contributed by atoms with Gasteiger partial charge in [-0.1, -0.05) is 36.4 Å². The lowest BCUT2D eigenvalue weighted by molar-refractivity contribution is 0.0186. The van der Waals surface area contributed by atoms with E-state index in [9.17, 15) is 0 Å². The van der Waals surface area contributed by atoms with Crippen LogP contribution in [0.3, 0.4) is 0 Å². The third kappa shape index (κ3) is 6.42. The highest BCUT2D eigenvalue weighted by atomic mass is 127. The molecular formula is C23H33IN4OS. The number of halogens is 1. The summed E-state index contributed by atoms with van der Waals surface area (Å²) in [5, 5.41) is 9.17. The van der Waals surface area contributed by atoms with Gasteiger partial charge >= 0.3 is 0 Å². The van der Waals surface area contributed by atoms with E-state index in [2.05, 4.69) is 70.3 Å². The van der Waals surface area contributed by atoms with Gasteiger partial charge in [-0.3, -0.25) is 9.89 Å². The normalized spacial score (nSPS) is 22.8. The van der Waals surface area contributed by atoms with Crippen LogP contribution in [0.1, 0.15) is 35.7 Å². The number of benzene rings is 1. The van der Waals surface area contributed by atoms with Crippen LogP contribution in [0.15, 0.2) is 52.8 Å². The summed E-state index contributed by atoms with van der Waals surface area (Å²) in [6, 6.07) is 15.6. The van der Waals surface area contributed by atoms with Crippen LogP contribution < -0.4 is 10.6 Å². The van der Waals surface area contributed by atoms with Gasteiger partial charge in [0.15, 0.2) is 5.96 Å². The summed E-state index contributed by atoms with van der Waals surface area (Å²) in [5.41, 5.74) is 1.46. The number of guanidine groups is 1. The first-order chi connectivity index (χ1) is 14.3. The summed E-state index contributed by atoms with van der Waals surface area (Å²) in [6.45, 7) is 8.32. The summed E-state index contributed by atoms with van der Waals surface area (Å²) in [5.74, 6) is 2.33. The van der Waals surface area contributed by atoms with Crippen LogP contribution in [-0.4, -0.2) is 56.8 Å². The van der Waals surface area contributed by atoms with Crippen LogP contribution in [-0.2, 0) is 4.74 Å². The second-order valence-electron chi connectivity index (χ2n) is 7.79. The lowest BCUT2D eigenvalue weighted by Crippen LogP contribution is -2.42. The molecule has 2 heterocycles. The predicted molar refractivity (Wildman–Crippen MR) is 136 cm³/mol. The van der Waals surface area contributed by atoms with Crippen molar-refractivity contribution < 1.29 is 4.74 Å². The number of ether oxygens (including phenoxy) is 1. The van der Waals surface area contributed by atoms with Crippen LogP contribution in [0.5, 0.6) is 0 Å². The molecule has 164 valence electrons. The molecule has 0 radical (unpaired) electrons. The van der Waals surface area contributed by atoms with Crippen molar-refractivity contribution in [3.63, 3.8) is 0 Å². The first-order valence-corrected chi connectivity index (χ1v) is 11.7. The number of nitrogens with one attached hydrogen (secondary N) is 2. The van der Waals surface area contributed by atoms with Crippen molar-refractivity contribution in [2.45, 2.75) is 25.3 Å². The molecule has 2 N–H and O–H groups in total. The summed E-state index contributed by atoms with van der Waals surface area (Å²) in [7, 11) is 0. The molecule has 2 aliphatic rings. The number of thiophene rings is 1. The molecule has 3 unspecified atom stereocenters. The van der Waals surface area contributed by atoms with Crippen LogP contribution in [0.25, 0.3) is 0 Å². The molecule has 1 saturated heterocycles. The maximum atomic E-state index is 5.55. The molecule has 3 atom stereocenters. The van der Waals surface area contributed by atoms with E-state index in [0.29, 0.717) is 17.9 Å². The molecule has 2 aromatic rings. The fourth-order valence-corrected chi connectivity index (χ4v) is 4.94. The van der Waals surface area contributed by atoms with Gasteiger partial charge in [0.05, 0.1) is 25.8 Å². The van der Waals surface area contributed by atoms with Crippen LogP contribution >= 0.6 is 35.3 Å². The van der Waals surface area contributed by atoms with Crippen molar-refractivity contribution in [1.29, 1.82) is 0 Å². The van der Waals surface area contributed by atoms with Crippen molar-refractivity contribution in [1.82, 2.24) is 15.5 Å². The zero-order chi connectivity index (χ0) is 19.9. The zero-order valence-corrected chi connectivity index (χ0v) is 20.8. The smallest absolute Gasteiger partial charge is 0.191 e. The lowest BCUT2D eigenvalue weighted by atomic mass is 10.1. The molecule has 1 saturated carbocycles. The molecule has 0 spiro atoms. The molecule has 30 heavy (non-hydrogen) atoms. The van der Waals surface area contributed by atoms with Crippen molar-refractivity contribution >= 4 is 41.3 Å². The average Bonchev–Trinajstić information content (AvgIpc) is 3.35. The summed E-state index contributed by atoms with van der Waals surface area (Å²) in [4.78, 5) is 8.86. The SMILES string of the molecule is CCNC(=NCC(c1cccs1)N1CCOCC1)NCC1CC1c1ccccc1.I. The number of aliphatic imine (C=N–C) groups is 1. The quantitative estimate of drug-likeness (QED) is 0.301. The Hall–Kier alpha value is -1.16. The minimum Gasteiger partial charge on any atom is -0.379 e. The highest BCUT2D eigenvalue weighted by molar-refractivity contribution is 14.0. The fourth-order valence-electron chi connectivity index (χ4n) is 4.08. The van der Waals surface area contributed by atoms with Crippen LogP contribution in [0, 0.1) is 5.92 Å². The first-order valence-electron chi connectivity index (χ1n) is 10.8. The molecule has 4 rings (SSSR count). The standard InChI is InChI=1S/C23H32N4OS.HI/c1-2-24-23(25-16-19-15-20(19)18-7-4-3-5-8-18)26-17-21(22-9-6-14-29-22)27-10-12-28-13-11-27;/h3-9,14,19-21H,2,10-13,15-17H2,1H3,(H2,24,25,26);1H. The summed E-state index contributed by atoms with van der Waals surface area (Å²) >= 11 is 1.82. The van der Waals surface area contributed by atoms with Gasteiger partial charge in [-0.25, -0.2) is 0 Å². The predicted octanol–water partition coefficient (Wildman–Crippen LogP) is 4.10. The number of hydrogen-bond donors (Lipinski definition) is 2. The molecule has 0 bridgehead atoms. The van der Waals surface area contributed by atoms with Crippen LogP contribution in [0.2, 0.25) is 0 Å². The number of nitrogens with zero attached hydrogens (tertiary/aromatic N) is 2. The Kier molecular flexibility index (Phi) is 9.42. The van der Waals surface area contributed by atoms with E-state index in [1.807, 2.05) is 11.3 Å². The zero-order valence-electron chi connectivity index (χ0n) is 17.6. The Bertz CT molecular complexity index is 765. The molecule has 7 heteroatoms. The van der Waals surface area contributed by atoms with E-state index in [-0.39, 0.29) is 24.0 Å². The van der Waals surface area contributed by atoms with E-state index in [1.165, 1.54) is 16.9 Å². The van der Waals surface area contributed by atoms with E-state index < -0.39 is 0 Å². The van der Waals surface area contributed by atoms with E-state index in [1.54, 1.807) is 0 Å². The molecule has 1 aromatic heterocycles. The maximum Gasteiger partial charge on any atom is 0.191 e. The molecule has 1 aromatic carbocycles. The maximum absolute atomic E-state index is 5.55. The second-order valence-corrected chi connectivity index (χ2v) is 8.77. The monoisotopic (exact) mass is 540 g/mol. The minimum atomic E-state index is 0. The first kappa shape index (κ1) is 23.5. The van der Waals surface area contributed by atoms with E-state index in [0.717, 1.165) is 51.9 Å². The van der Waals surface area contributed by atoms with Gasteiger partial charge in [-0.15, -0.1) is 35.3 Å². The number of morpholine rings is 1. The Morgan fingerprint density at radius 3 is 2.67 bits per heavy atom. The van der Waals surface area contributed by atoms with Gasteiger partial charge in [-0.05, 0) is 42.2 Å². The number of hydrogen-bond acceptors (Lipinski definition) is 4. The fraction of sp³-hybridized carbons (Fsp3) is 0.522. The molecule has 1 aliphatic heterocycles. The molecule has 1 aliphatic carbocycles. The molecular weight excluding hydrogens is 507 g/mol. The van der Waals surface area contributed by atoms with Crippen molar-refractivity contribution in [3.05, 3.63) is 58.3 Å². The van der Waals surface area contributed by atoms with Gasteiger partial charge in [0, 0.05) is 31.1 Å². The average molecular weight is 541 g/mol. The van der Waals surface area contributed by atoms with Gasteiger partial charge in [0.2, 0.25) is 0 Å². The van der Waals surface area contributed by atoms with Crippen molar-refractivity contribution in [3.8, 4) is 0 Å². The Morgan fingerprint density at radius 2 is 1.97 bits per heavy atom. The van der Waals surface area contributed by atoms with E-state index in [4.69, 9.17) is 9.73 Å². The van der Waals surface area contributed by atoms with Crippen LogP contribution in [0.4, 0.5) is 0 Å². The van der Waals surface area contributed by atoms with Crippen molar-refractivity contribution in [2.75, 3.05) is 45.9 Å².